The normalized spacial score (nSPS) is 12.8. The van der Waals surface area contributed by atoms with Crippen LogP contribution in [0.25, 0.3) is 0 Å². The van der Waals surface area contributed by atoms with Gasteiger partial charge in [-0.15, -0.1) is 11.3 Å². The smallest absolute Gasteiger partial charge is 0.0561 e. The lowest BCUT2D eigenvalue weighted by Gasteiger charge is -2.23. The molecule has 2 nitrogen and oxygen atoms in total. The highest BCUT2D eigenvalue weighted by atomic mass is 32.1. The Morgan fingerprint density at radius 3 is 2.47 bits per heavy atom. The third kappa shape index (κ3) is 4.16. The Morgan fingerprint density at radius 1 is 1.16 bits per heavy atom. The van der Waals surface area contributed by atoms with Gasteiger partial charge in [0.2, 0.25) is 0 Å². The summed E-state index contributed by atoms with van der Waals surface area (Å²) in [5.41, 5.74) is 2.66. The summed E-state index contributed by atoms with van der Waals surface area (Å²) >= 11 is 1.83. The fourth-order valence-electron chi connectivity index (χ4n) is 2.08. The molecule has 3 heteroatoms. The van der Waals surface area contributed by atoms with E-state index in [0.717, 1.165) is 13.1 Å². The van der Waals surface area contributed by atoms with E-state index >= 15 is 0 Å². The summed E-state index contributed by atoms with van der Waals surface area (Å²) < 4.78 is 0. The summed E-state index contributed by atoms with van der Waals surface area (Å²) in [5, 5.41) is 5.70. The first kappa shape index (κ1) is 14.3. The fraction of sp³-hybridized carbons (Fsp3) is 0.375. The second-order valence-electron chi connectivity index (χ2n) is 5.11. The van der Waals surface area contributed by atoms with Gasteiger partial charge in [0.25, 0.3) is 0 Å². The summed E-state index contributed by atoms with van der Waals surface area (Å²) in [6, 6.07) is 13.5. The van der Waals surface area contributed by atoms with E-state index in [-0.39, 0.29) is 0 Å². The summed E-state index contributed by atoms with van der Waals surface area (Å²) in [6.45, 7) is 4.02. The molecule has 0 aliphatic carbocycles. The van der Waals surface area contributed by atoms with Gasteiger partial charge in [-0.05, 0) is 38.0 Å². The monoisotopic (exact) mass is 274 g/mol. The van der Waals surface area contributed by atoms with Crippen LogP contribution in [0.4, 0.5) is 0 Å². The molecule has 1 unspecified atom stereocenters. The van der Waals surface area contributed by atoms with Gasteiger partial charge in [-0.1, -0.05) is 35.9 Å². The minimum absolute atomic E-state index is 0.449. The first-order chi connectivity index (χ1) is 9.16. The van der Waals surface area contributed by atoms with E-state index in [0.29, 0.717) is 6.04 Å². The van der Waals surface area contributed by atoms with Gasteiger partial charge in [-0.2, -0.15) is 0 Å². The van der Waals surface area contributed by atoms with Crippen molar-refractivity contribution in [1.29, 1.82) is 0 Å². The van der Waals surface area contributed by atoms with Crippen molar-refractivity contribution in [2.45, 2.75) is 19.5 Å². The minimum Gasteiger partial charge on any atom is -0.311 e. The number of benzene rings is 1. The van der Waals surface area contributed by atoms with Gasteiger partial charge in [0.05, 0.1) is 6.04 Å². The molecule has 102 valence electrons. The predicted octanol–water partition coefficient (Wildman–Crippen LogP) is 3.45. The molecule has 2 rings (SSSR count). The first-order valence-corrected chi connectivity index (χ1v) is 7.51. The lowest BCUT2D eigenvalue weighted by atomic mass is 10.1. The Labute approximate surface area is 120 Å². The van der Waals surface area contributed by atoms with Crippen molar-refractivity contribution in [3.05, 3.63) is 57.8 Å². The zero-order valence-electron chi connectivity index (χ0n) is 11.9. The molecular formula is C16H22N2S. The highest BCUT2D eigenvalue weighted by Gasteiger charge is 2.14. The molecule has 0 amide bonds. The first-order valence-electron chi connectivity index (χ1n) is 6.63. The maximum Gasteiger partial charge on any atom is 0.0561 e. The molecular weight excluding hydrogens is 252 g/mol. The van der Waals surface area contributed by atoms with Gasteiger partial charge in [-0.25, -0.2) is 0 Å². The Hall–Kier alpha value is -1.16. The van der Waals surface area contributed by atoms with E-state index < -0.39 is 0 Å². The van der Waals surface area contributed by atoms with Crippen LogP contribution in [0.2, 0.25) is 0 Å². The molecule has 1 aromatic carbocycles. The number of aryl methyl sites for hydroxylation is 1. The fourth-order valence-corrected chi connectivity index (χ4v) is 3.00. The molecule has 0 saturated heterocycles. The highest BCUT2D eigenvalue weighted by Crippen LogP contribution is 2.22. The van der Waals surface area contributed by atoms with Gasteiger partial charge < -0.3 is 10.2 Å². The number of hydrogen-bond acceptors (Lipinski definition) is 3. The van der Waals surface area contributed by atoms with Crippen LogP contribution in [0, 0.1) is 6.92 Å². The Morgan fingerprint density at radius 2 is 1.89 bits per heavy atom. The predicted molar refractivity (Wildman–Crippen MR) is 83.6 cm³/mol. The standard InChI is InChI=1S/C16H22N2S/c1-13-6-8-14(9-7-13)11-17-12-15(18(2)3)16-5-4-10-19-16/h4-10,15,17H,11-12H2,1-3H3. The molecule has 0 aliphatic heterocycles. The topological polar surface area (TPSA) is 15.3 Å². The van der Waals surface area contributed by atoms with Crippen molar-refractivity contribution < 1.29 is 0 Å². The summed E-state index contributed by atoms with van der Waals surface area (Å²) in [4.78, 5) is 3.69. The van der Waals surface area contributed by atoms with Crippen LogP contribution in [0.15, 0.2) is 41.8 Å². The van der Waals surface area contributed by atoms with Crippen molar-refractivity contribution in [2.24, 2.45) is 0 Å². The molecule has 0 radical (unpaired) electrons. The van der Waals surface area contributed by atoms with Crippen molar-refractivity contribution in [3.63, 3.8) is 0 Å². The number of thiophene rings is 1. The van der Waals surface area contributed by atoms with Gasteiger partial charge in [0.1, 0.15) is 0 Å². The van der Waals surface area contributed by atoms with Crippen molar-refractivity contribution in [1.82, 2.24) is 10.2 Å². The van der Waals surface area contributed by atoms with Crippen molar-refractivity contribution >= 4 is 11.3 Å². The minimum atomic E-state index is 0.449. The van der Waals surface area contributed by atoms with Crippen LogP contribution < -0.4 is 5.32 Å². The Balaban J connectivity index is 1.88. The third-order valence-electron chi connectivity index (χ3n) is 3.28. The van der Waals surface area contributed by atoms with Gasteiger partial charge >= 0.3 is 0 Å². The van der Waals surface area contributed by atoms with Crippen LogP contribution in [-0.2, 0) is 6.54 Å². The third-order valence-corrected chi connectivity index (χ3v) is 4.26. The average molecular weight is 274 g/mol. The number of nitrogens with zero attached hydrogens (tertiary/aromatic N) is 1. The molecule has 1 N–H and O–H groups in total. The van der Waals surface area contributed by atoms with E-state index in [9.17, 15) is 0 Å². The molecule has 0 bridgehead atoms. The molecule has 19 heavy (non-hydrogen) atoms. The van der Waals surface area contributed by atoms with E-state index in [2.05, 4.69) is 73.0 Å². The Bertz CT molecular complexity index is 474. The molecule has 0 saturated carbocycles. The largest absolute Gasteiger partial charge is 0.311 e. The van der Waals surface area contributed by atoms with Crippen LogP contribution in [0.3, 0.4) is 0 Å². The second kappa shape index (κ2) is 6.85. The van der Waals surface area contributed by atoms with E-state index in [1.807, 2.05) is 11.3 Å². The van der Waals surface area contributed by atoms with Gasteiger partial charge in [0, 0.05) is 18.0 Å². The number of hydrogen-bond donors (Lipinski definition) is 1. The van der Waals surface area contributed by atoms with Crippen LogP contribution in [0.1, 0.15) is 22.0 Å². The summed E-state index contributed by atoms with van der Waals surface area (Å²) in [5.74, 6) is 0. The van der Waals surface area contributed by atoms with Crippen molar-refractivity contribution in [3.8, 4) is 0 Å². The molecule has 0 spiro atoms. The van der Waals surface area contributed by atoms with Crippen LogP contribution >= 0.6 is 11.3 Å². The number of likely N-dealkylation sites (N-methyl/N-ethyl adjacent to an activating group) is 1. The quantitative estimate of drug-likeness (QED) is 0.868. The van der Waals surface area contributed by atoms with Crippen LogP contribution in [-0.4, -0.2) is 25.5 Å². The highest BCUT2D eigenvalue weighted by molar-refractivity contribution is 7.10. The molecule has 1 aromatic heterocycles. The zero-order valence-corrected chi connectivity index (χ0v) is 12.7. The average Bonchev–Trinajstić information content (AvgIpc) is 2.90. The molecule has 0 aliphatic rings. The van der Waals surface area contributed by atoms with E-state index in [1.54, 1.807) is 0 Å². The van der Waals surface area contributed by atoms with E-state index in [4.69, 9.17) is 0 Å². The lowest BCUT2D eigenvalue weighted by molar-refractivity contribution is 0.292. The number of nitrogens with one attached hydrogen (secondary N) is 1. The number of rotatable bonds is 6. The Kier molecular flexibility index (Phi) is 5.14. The van der Waals surface area contributed by atoms with Gasteiger partial charge in [-0.3, -0.25) is 0 Å². The summed E-state index contributed by atoms with van der Waals surface area (Å²) in [6.07, 6.45) is 0. The zero-order chi connectivity index (χ0) is 13.7. The van der Waals surface area contributed by atoms with Crippen LogP contribution in [0.5, 0.6) is 0 Å². The molecule has 2 aromatic rings. The lowest BCUT2D eigenvalue weighted by Crippen LogP contribution is -2.30. The SMILES string of the molecule is Cc1ccc(CNCC(c2cccs2)N(C)C)cc1. The molecule has 1 atom stereocenters. The molecule has 1 heterocycles. The maximum absolute atomic E-state index is 3.56. The summed E-state index contributed by atoms with van der Waals surface area (Å²) in [7, 11) is 4.27. The van der Waals surface area contributed by atoms with E-state index in [1.165, 1.54) is 16.0 Å². The van der Waals surface area contributed by atoms with Crippen molar-refractivity contribution in [2.75, 3.05) is 20.6 Å². The second-order valence-corrected chi connectivity index (χ2v) is 6.09. The van der Waals surface area contributed by atoms with Gasteiger partial charge in [0.15, 0.2) is 0 Å². The maximum atomic E-state index is 3.56. The molecule has 0 fully saturated rings.